The number of primary amides is 1. The van der Waals surface area contributed by atoms with Crippen LogP contribution in [0.2, 0.25) is 0 Å². The Hall–Kier alpha value is -1.89. The molecule has 1 aromatic rings. The van der Waals surface area contributed by atoms with Crippen LogP contribution in [0.5, 0.6) is 0 Å². The fourth-order valence-corrected chi connectivity index (χ4v) is 1.62. The molecule has 1 rings (SSSR count). The number of imidazole rings is 1. The number of carbonyl (C=O) groups is 2. The summed E-state index contributed by atoms with van der Waals surface area (Å²) in [5.41, 5.74) is 11.8. The number of carbonyl (C=O) groups excluding carboxylic acids is 2. The van der Waals surface area contributed by atoms with Crippen molar-refractivity contribution in [2.45, 2.75) is 38.8 Å². The molecule has 0 unspecified atom stereocenters. The minimum absolute atomic E-state index is 0.0423. The molecule has 0 radical (unpaired) electrons. The number of aromatic nitrogens is 2. The zero-order valence-electron chi connectivity index (χ0n) is 11.2. The third-order valence-electron chi connectivity index (χ3n) is 3.20. The third-order valence-corrected chi connectivity index (χ3v) is 3.20. The average molecular weight is 267 g/mol. The first-order valence-electron chi connectivity index (χ1n) is 6.28. The highest BCUT2D eigenvalue weighted by Gasteiger charge is 2.25. The Kier molecular flexibility index (Phi) is 5.50. The first kappa shape index (κ1) is 15.2. The van der Waals surface area contributed by atoms with E-state index in [2.05, 4.69) is 15.3 Å². The molecule has 1 heterocycles. The number of hydrogen-bond donors (Lipinski definition) is 4. The van der Waals surface area contributed by atoms with Crippen LogP contribution >= 0.6 is 0 Å². The number of nitrogens with zero attached hydrogens (tertiary/aromatic N) is 1. The van der Waals surface area contributed by atoms with E-state index in [0.717, 1.165) is 12.1 Å². The lowest BCUT2D eigenvalue weighted by molar-refractivity contribution is -0.128. The first-order chi connectivity index (χ1) is 8.95. The molecule has 0 bridgehead atoms. The summed E-state index contributed by atoms with van der Waals surface area (Å²) in [6, 6.07) is -1.43. The highest BCUT2D eigenvalue weighted by Crippen LogP contribution is 2.06. The summed E-state index contributed by atoms with van der Waals surface area (Å²) < 4.78 is 0. The standard InChI is InChI=1S/C12H21N5O2/c1-3-7(2)10(13)12(19)17-9(11(14)18)4-8-5-15-6-16-8/h5-7,9-10H,3-4,13H2,1-2H3,(H2,14,18)(H,15,16)(H,17,19)/t7-,9+,10-/m0/s1. The molecule has 1 aromatic heterocycles. The zero-order valence-corrected chi connectivity index (χ0v) is 11.2. The lowest BCUT2D eigenvalue weighted by Crippen LogP contribution is -2.53. The van der Waals surface area contributed by atoms with Crippen molar-refractivity contribution in [3.63, 3.8) is 0 Å². The van der Waals surface area contributed by atoms with Crippen LogP contribution < -0.4 is 16.8 Å². The maximum Gasteiger partial charge on any atom is 0.240 e. The van der Waals surface area contributed by atoms with Gasteiger partial charge in [-0.15, -0.1) is 0 Å². The molecule has 19 heavy (non-hydrogen) atoms. The van der Waals surface area contributed by atoms with Gasteiger partial charge in [0.2, 0.25) is 11.8 Å². The van der Waals surface area contributed by atoms with Gasteiger partial charge >= 0.3 is 0 Å². The maximum atomic E-state index is 11.9. The van der Waals surface area contributed by atoms with Crippen molar-refractivity contribution in [1.29, 1.82) is 0 Å². The number of H-pyrrole nitrogens is 1. The molecule has 6 N–H and O–H groups in total. The van der Waals surface area contributed by atoms with Crippen molar-refractivity contribution in [3.8, 4) is 0 Å². The van der Waals surface area contributed by atoms with Gasteiger partial charge in [-0.25, -0.2) is 4.98 Å². The second-order valence-corrected chi connectivity index (χ2v) is 4.66. The van der Waals surface area contributed by atoms with E-state index in [0.29, 0.717) is 0 Å². The molecule has 0 aromatic carbocycles. The Morgan fingerprint density at radius 1 is 1.53 bits per heavy atom. The lowest BCUT2D eigenvalue weighted by Gasteiger charge is -2.21. The first-order valence-corrected chi connectivity index (χ1v) is 6.28. The normalized spacial score (nSPS) is 15.5. The lowest BCUT2D eigenvalue weighted by atomic mass is 9.99. The van der Waals surface area contributed by atoms with Gasteiger partial charge in [-0.3, -0.25) is 9.59 Å². The SMILES string of the molecule is CC[C@H](C)[C@H](N)C(=O)N[C@H](Cc1cnc[nH]1)C(N)=O. The van der Waals surface area contributed by atoms with Crippen LogP contribution in [0.4, 0.5) is 0 Å². The van der Waals surface area contributed by atoms with E-state index in [1.807, 2.05) is 13.8 Å². The van der Waals surface area contributed by atoms with Crippen LogP contribution in [0.25, 0.3) is 0 Å². The molecule has 0 spiro atoms. The summed E-state index contributed by atoms with van der Waals surface area (Å²) in [5, 5.41) is 2.58. The average Bonchev–Trinajstić information content (AvgIpc) is 2.88. The van der Waals surface area contributed by atoms with Crippen LogP contribution in [0, 0.1) is 5.92 Å². The predicted octanol–water partition coefficient (Wildman–Crippen LogP) is -0.704. The highest BCUT2D eigenvalue weighted by atomic mass is 16.2. The monoisotopic (exact) mass is 267 g/mol. The van der Waals surface area contributed by atoms with Gasteiger partial charge in [0.05, 0.1) is 12.4 Å². The summed E-state index contributed by atoms with van der Waals surface area (Å²) in [5.74, 6) is -0.919. The van der Waals surface area contributed by atoms with Gasteiger partial charge < -0.3 is 21.8 Å². The largest absolute Gasteiger partial charge is 0.368 e. The molecular formula is C12H21N5O2. The molecule has 2 amide bonds. The number of amides is 2. The summed E-state index contributed by atoms with van der Waals surface area (Å²) in [7, 11) is 0. The van der Waals surface area contributed by atoms with E-state index in [-0.39, 0.29) is 18.2 Å². The molecule has 0 saturated carbocycles. The van der Waals surface area contributed by atoms with Crippen molar-refractivity contribution in [2.75, 3.05) is 0 Å². The van der Waals surface area contributed by atoms with Crippen LogP contribution in [0.1, 0.15) is 26.0 Å². The van der Waals surface area contributed by atoms with E-state index >= 15 is 0 Å². The molecule has 106 valence electrons. The Morgan fingerprint density at radius 3 is 2.68 bits per heavy atom. The summed E-state index contributed by atoms with van der Waals surface area (Å²) in [4.78, 5) is 30.0. The van der Waals surface area contributed by atoms with Crippen molar-refractivity contribution < 1.29 is 9.59 Å². The van der Waals surface area contributed by atoms with Gasteiger partial charge in [0.15, 0.2) is 0 Å². The Balaban J connectivity index is 2.63. The molecule has 0 aliphatic rings. The molecule has 0 aliphatic heterocycles. The highest BCUT2D eigenvalue weighted by molar-refractivity contribution is 5.89. The molecule has 7 nitrogen and oxygen atoms in total. The van der Waals surface area contributed by atoms with Crippen molar-refractivity contribution in [3.05, 3.63) is 18.2 Å². The van der Waals surface area contributed by atoms with E-state index in [4.69, 9.17) is 11.5 Å². The van der Waals surface area contributed by atoms with Crippen molar-refractivity contribution in [2.24, 2.45) is 17.4 Å². The second-order valence-electron chi connectivity index (χ2n) is 4.66. The summed E-state index contributed by atoms with van der Waals surface area (Å²) >= 11 is 0. The van der Waals surface area contributed by atoms with Crippen LogP contribution in [0.3, 0.4) is 0 Å². The number of hydrogen-bond acceptors (Lipinski definition) is 4. The smallest absolute Gasteiger partial charge is 0.240 e. The Bertz CT molecular complexity index is 418. The van der Waals surface area contributed by atoms with E-state index in [9.17, 15) is 9.59 Å². The van der Waals surface area contributed by atoms with Crippen molar-refractivity contribution in [1.82, 2.24) is 15.3 Å². The maximum absolute atomic E-state index is 11.9. The summed E-state index contributed by atoms with van der Waals surface area (Å²) in [6.07, 6.45) is 4.14. The molecule has 3 atom stereocenters. The van der Waals surface area contributed by atoms with Gasteiger partial charge in [-0.1, -0.05) is 20.3 Å². The summed E-state index contributed by atoms with van der Waals surface area (Å²) in [6.45, 7) is 3.84. The molecule has 0 saturated heterocycles. The Morgan fingerprint density at radius 2 is 2.21 bits per heavy atom. The minimum Gasteiger partial charge on any atom is -0.368 e. The van der Waals surface area contributed by atoms with Crippen LogP contribution in [0.15, 0.2) is 12.5 Å². The quantitative estimate of drug-likeness (QED) is 0.520. The predicted molar refractivity (Wildman–Crippen MR) is 70.8 cm³/mol. The van der Waals surface area contributed by atoms with Crippen molar-refractivity contribution >= 4 is 11.8 Å². The number of rotatable bonds is 7. The fraction of sp³-hybridized carbons (Fsp3) is 0.583. The molecule has 7 heteroatoms. The van der Waals surface area contributed by atoms with Gasteiger partial charge in [0, 0.05) is 18.3 Å². The minimum atomic E-state index is -0.789. The fourth-order valence-electron chi connectivity index (χ4n) is 1.62. The van der Waals surface area contributed by atoms with Gasteiger partial charge in [-0.2, -0.15) is 0 Å². The third kappa shape index (κ3) is 4.36. The van der Waals surface area contributed by atoms with Gasteiger partial charge in [0.25, 0.3) is 0 Å². The number of nitrogens with one attached hydrogen (secondary N) is 2. The Labute approximate surface area is 112 Å². The molecular weight excluding hydrogens is 246 g/mol. The van der Waals surface area contributed by atoms with Gasteiger partial charge in [-0.05, 0) is 5.92 Å². The van der Waals surface area contributed by atoms with Crippen LogP contribution in [-0.2, 0) is 16.0 Å². The van der Waals surface area contributed by atoms with Crippen LogP contribution in [-0.4, -0.2) is 33.9 Å². The van der Waals surface area contributed by atoms with E-state index in [1.165, 1.54) is 6.33 Å². The van der Waals surface area contributed by atoms with E-state index < -0.39 is 18.0 Å². The second kappa shape index (κ2) is 6.89. The topological polar surface area (TPSA) is 127 Å². The molecule has 0 aliphatic carbocycles. The molecule has 0 fully saturated rings. The zero-order chi connectivity index (χ0) is 14.4. The van der Waals surface area contributed by atoms with E-state index in [1.54, 1.807) is 6.20 Å². The number of nitrogens with two attached hydrogens (primary N) is 2. The van der Waals surface area contributed by atoms with Gasteiger partial charge in [0.1, 0.15) is 6.04 Å². The number of aromatic amines is 1.